The molecule has 1 N–H and O–H groups in total. The van der Waals surface area contributed by atoms with Gasteiger partial charge >= 0.3 is 0 Å². The Hall–Kier alpha value is -0.610. The number of aliphatic hydroxyl groups is 1. The van der Waals surface area contributed by atoms with Gasteiger partial charge in [-0.1, -0.05) is 6.92 Å². The van der Waals surface area contributed by atoms with Gasteiger partial charge in [0, 0.05) is 25.9 Å². The molecular formula is C9H18N2O2. The number of hydrazine groups is 1. The molecule has 0 aromatic carbocycles. The van der Waals surface area contributed by atoms with E-state index in [4.69, 9.17) is 0 Å². The lowest BCUT2D eigenvalue weighted by Crippen LogP contribution is -2.46. The van der Waals surface area contributed by atoms with Crippen LogP contribution in [0.15, 0.2) is 0 Å². The van der Waals surface area contributed by atoms with E-state index in [1.165, 1.54) is 11.9 Å². The Bertz CT molecular complexity index is 196. The van der Waals surface area contributed by atoms with E-state index in [1.54, 1.807) is 0 Å². The Morgan fingerprint density at radius 1 is 1.62 bits per heavy atom. The SMILES string of the molecule is CCCN1C(C)CC(O)N1C(C)=O. The van der Waals surface area contributed by atoms with Gasteiger partial charge in [0.25, 0.3) is 0 Å². The van der Waals surface area contributed by atoms with Crippen molar-refractivity contribution in [1.29, 1.82) is 0 Å². The van der Waals surface area contributed by atoms with Crippen LogP contribution in [-0.4, -0.2) is 39.8 Å². The van der Waals surface area contributed by atoms with E-state index < -0.39 is 6.23 Å². The fourth-order valence-corrected chi connectivity index (χ4v) is 1.86. The normalized spacial score (nSPS) is 29.7. The molecule has 0 saturated carbocycles. The third kappa shape index (κ3) is 2.00. The van der Waals surface area contributed by atoms with Crippen molar-refractivity contribution in [2.45, 2.75) is 45.9 Å². The van der Waals surface area contributed by atoms with Crippen molar-refractivity contribution in [3.05, 3.63) is 0 Å². The lowest BCUT2D eigenvalue weighted by Gasteiger charge is -2.30. The third-order valence-corrected chi connectivity index (χ3v) is 2.40. The highest BCUT2D eigenvalue weighted by Gasteiger charge is 2.36. The summed E-state index contributed by atoms with van der Waals surface area (Å²) in [6.07, 6.45) is 1.01. The van der Waals surface area contributed by atoms with Crippen LogP contribution < -0.4 is 0 Å². The van der Waals surface area contributed by atoms with Crippen molar-refractivity contribution >= 4 is 5.91 Å². The van der Waals surface area contributed by atoms with Crippen LogP contribution in [0.3, 0.4) is 0 Å². The summed E-state index contributed by atoms with van der Waals surface area (Å²) in [7, 11) is 0. The van der Waals surface area contributed by atoms with Gasteiger partial charge in [-0.25, -0.2) is 10.0 Å². The lowest BCUT2D eigenvalue weighted by atomic mass is 10.2. The molecule has 1 heterocycles. The summed E-state index contributed by atoms with van der Waals surface area (Å²) in [4.78, 5) is 11.2. The summed E-state index contributed by atoms with van der Waals surface area (Å²) in [6, 6.07) is 0.263. The van der Waals surface area contributed by atoms with E-state index in [2.05, 4.69) is 6.92 Å². The molecule has 0 aliphatic carbocycles. The molecule has 1 amide bonds. The van der Waals surface area contributed by atoms with Crippen LogP contribution in [0.4, 0.5) is 0 Å². The van der Waals surface area contributed by atoms with Crippen LogP contribution in [0.25, 0.3) is 0 Å². The van der Waals surface area contributed by atoms with Gasteiger partial charge in [-0.05, 0) is 13.3 Å². The lowest BCUT2D eigenvalue weighted by molar-refractivity contribution is -0.159. The third-order valence-electron chi connectivity index (χ3n) is 2.40. The zero-order valence-electron chi connectivity index (χ0n) is 8.53. The van der Waals surface area contributed by atoms with Gasteiger partial charge in [-0.15, -0.1) is 0 Å². The Morgan fingerprint density at radius 3 is 2.69 bits per heavy atom. The predicted octanol–water partition coefficient (Wildman–Crippen LogP) is 0.573. The molecule has 4 nitrogen and oxygen atoms in total. The van der Waals surface area contributed by atoms with Crippen molar-refractivity contribution in [1.82, 2.24) is 10.0 Å². The maximum absolute atomic E-state index is 11.2. The highest BCUT2D eigenvalue weighted by molar-refractivity contribution is 5.73. The molecule has 0 aromatic rings. The summed E-state index contributed by atoms with van der Waals surface area (Å²) in [5.41, 5.74) is 0. The first-order chi connectivity index (χ1) is 6.07. The second kappa shape index (κ2) is 4.07. The molecule has 0 aromatic heterocycles. The average Bonchev–Trinajstić information content (AvgIpc) is 2.27. The standard InChI is InChI=1S/C9H18N2O2/c1-4-5-10-7(2)6-9(13)11(10)8(3)12/h7,9,13H,4-6H2,1-3H3. The van der Waals surface area contributed by atoms with E-state index in [0.29, 0.717) is 6.42 Å². The topological polar surface area (TPSA) is 43.8 Å². The van der Waals surface area contributed by atoms with Crippen molar-refractivity contribution in [3.63, 3.8) is 0 Å². The Labute approximate surface area is 79.1 Å². The van der Waals surface area contributed by atoms with E-state index in [1.807, 2.05) is 11.9 Å². The van der Waals surface area contributed by atoms with Crippen LogP contribution in [0, 0.1) is 0 Å². The maximum atomic E-state index is 11.2. The van der Waals surface area contributed by atoms with Crippen LogP contribution in [0.2, 0.25) is 0 Å². The van der Waals surface area contributed by atoms with Crippen molar-refractivity contribution in [3.8, 4) is 0 Å². The van der Waals surface area contributed by atoms with Gasteiger partial charge in [-0.2, -0.15) is 0 Å². The molecule has 1 aliphatic heterocycles. The second-order valence-corrected chi connectivity index (χ2v) is 3.59. The molecule has 0 bridgehead atoms. The van der Waals surface area contributed by atoms with Gasteiger partial charge < -0.3 is 5.11 Å². The molecule has 76 valence electrons. The van der Waals surface area contributed by atoms with E-state index in [-0.39, 0.29) is 11.9 Å². The average molecular weight is 186 g/mol. The zero-order chi connectivity index (χ0) is 10.0. The fraction of sp³-hybridized carbons (Fsp3) is 0.889. The van der Waals surface area contributed by atoms with E-state index in [9.17, 15) is 9.90 Å². The van der Waals surface area contributed by atoms with E-state index >= 15 is 0 Å². The van der Waals surface area contributed by atoms with Crippen molar-refractivity contribution in [2.24, 2.45) is 0 Å². The van der Waals surface area contributed by atoms with Crippen LogP contribution in [0.1, 0.15) is 33.6 Å². The van der Waals surface area contributed by atoms with Gasteiger partial charge in [-0.3, -0.25) is 4.79 Å². The summed E-state index contributed by atoms with van der Waals surface area (Å²) in [5, 5.41) is 13.0. The quantitative estimate of drug-likeness (QED) is 0.685. The predicted molar refractivity (Wildman–Crippen MR) is 49.6 cm³/mol. The second-order valence-electron chi connectivity index (χ2n) is 3.59. The Kier molecular flexibility index (Phi) is 3.27. The summed E-state index contributed by atoms with van der Waals surface area (Å²) in [6.45, 7) is 6.42. The molecule has 2 unspecified atom stereocenters. The summed E-state index contributed by atoms with van der Waals surface area (Å²) >= 11 is 0. The Morgan fingerprint density at radius 2 is 2.23 bits per heavy atom. The molecule has 2 atom stereocenters. The maximum Gasteiger partial charge on any atom is 0.236 e. The number of rotatable bonds is 2. The highest BCUT2D eigenvalue weighted by atomic mass is 16.3. The minimum absolute atomic E-state index is 0.0784. The molecule has 4 heteroatoms. The zero-order valence-corrected chi connectivity index (χ0v) is 8.53. The number of nitrogens with zero attached hydrogens (tertiary/aromatic N) is 2. The van der Waals surface area contributed by atoms with Crippen LogP contribution >= 0.6 is 0 Å². The van der Waals surface area contributed by atoms with Gasteiger partial charge in [0.2, 0.25) is 5.91 Å². The number of hydrogen-bond acceptors (Lipinski definition) is 3. The fourth-order valence-electron chi connectivity index (χ4n) is 1.86. The highest BCUT2D eigenvalue weighted by Crippen LogP contribution is 2.23. The number of carbonyl (C=O) groups is 1. The summed E-state index contributed by atoms with van der Waals surface area (Å²) in [5.74, 6) is -0.0784. The Balaban J connectivity index is 2.71. The molecule has 0 spiro atoms. The van der Waals surface area contributed by atoms with E-state index in [0.717, 1.165) is 13.0 Å². The molecule has 1 fully saturated rings. The molecule has 1 aliphatic rings. The first-order valence-corrected chi connectivity index (χ1v) is 4.82. The van der Waals surface area contributed by atoms with Gasteiger partial charge in [0.1, 0.15) is 6.23 Å². The van der Waals surface area contributed by atoms with Crippen LogP contribution in [0.5, 0.6) is 0 Å². The van der Waals surface area contributed by atoms with Crippen LogP contribution in [-0.2, 0) is 4.79 Å². The minimum atomic E-state index is -0.626. The van der Waals surface area contributed by atoms with Gasteiger partial charge in [0.15, 0.2) is 0 Å². The van der Waals surface area contributed by atoms with Crippen molar-refractivity contribution in [2.75, 3.05) is 6.54 Å². The molecule has 0 radical (unpaired) electrons. The molecule has 1 rings (SSSR count). The molecule has 1 saturated heterocycles. The number of hydrogen-bond donors (Lipinski definition) is 1. The monoisotopic (exact) mass is 186 g/mol. The number of aliphatic hydroxyl groups excluding tert-OH is 1. The molecule has 13 heavy (non-hydrogen) atoms. The summed E-state index contributed by atoms with van der Waals surface area (Å²) < 4.78 is 0. The largest absolute Gasteiger partial charge is 0.372 e. The smallest absolute Gasteiger partial charge is 0.236 e. The number of amides is 1. The first-order valence-electron chi connectivity index (χ1n) is 4.82. The first kappa shape index (κ1) is 10.5. The number of carbonyl (C=O) groups excluding carboxylic acids is 1. The minimum Gasteiger partial charge on any atom is -0.372 e. The van der Waals surface area contributed by atoms with Gasteiger partial charge in [0.05, 0.1) is 0 Å². The van der Waals surface area contributed by atoms with Crippen molar-refractivity contribution < 1.29 is 9.90 Å². The molecular weight excluding hydrogens is 168 g/mol.